The van der Waals surface area contributed by atoms with Crippen LogP contribution in [0.15, 0.2) is 491 Å². The summed E-state index contributed by atoms with van der Waals surface area (Å²) >= 11 is 0. The molecule has 0 saturated carbocycles. The maximum atomic E-state index is 5.22. The van der Waals surface area contributed by atoms with Crippen LogP contribution in [0.1, 0.15) is 25.0 Å². The Kier molecular flexibility index (Phi) is 20.4. The van der Waals surface area contributed by atoms with Gasteiger partial charge in [0.05, 0.1) is 0 Å². The molecule has 147 heavy (non-hydrogen) atoms. The lowest BCUT2D eigenvalue weighted by atomic mass is 9.82. The van der Waals surface area contributed by atoms with Crippen molar-refractivity contribution in [3.8, 4) is 125 Å². The van der Waals surface area contributed by atoms with Crippen molar-refractivity contribution in [1.82, 2.24) is 44.9 Å². The minimum absolute atomic E-state index is 0.108. The van der Waals surface area contributed by atoms with Crippen LogP contribution in [0.4, 0.5) is 0 Å². The van der Waals surface area contributed by atoms with Gasteiger partial charge in [0.25, 0.3) is 0 Å². The van der Waals surface area contributed by atoms with E-state index in [1.165, 1.54) is 189 Å². The van der Waals surface area contributed by atoms with Gasteiger partial charge in [-0.3, -0.25) is 0 Å². The first-order valence-corrected chi connectivity index (χ1v) is 50.1. The average Bonchev–Trinajstić information content (AvgIpc) is 1.56. The van der Waals surface area contributed by atoms with Crippen molar-refractivity contribution >= 4 is 162 Å². The van der Waals surface area contributed by atoms with E-state index in [9.17, 15) is 0 Å². The number of aromatic nitrogens is 9. The van der Waals surface area contributed by atoms with Crippen LogP contribution in [0.3, 0.4) is 0 Å². The maximum Gasteiger partial charge on any atom is 0.164 e. The molecule has 9 heteroatoms. The molecule has 9 nitrogen and oxygen atoms in total. The van der Waals surface area contributed by atoms with Gasteiger partial charge in [-0.2, -0.15) is 0 Å². The Bertz CT molecular complexity index is 10100. The van der Waals surface area contributed by atoms with Gasteiger partial charge in [-0.15, -0.1) is 0 Å². The van der Waals surface area contributed by atoms with Gasteiger partial charge in [-0.25, -0.2) is 44.9 Å². The van der Waals surface area contributed by atoms with E-state index in [0.29, 0.717) is 52.4 Å². The van der Waals surface area contributed by atoms with E-state index < -0.39 is 0 Å². The molecule has 0 aliphatic heterocycles. The summed E-state index contributed by atoms with van der Waals surface area (Å²) in [5.41, 5.74) is 16.1. The summed E-state index contributed by atoms with van der Waals surface area (Å²) in [5.74, 6) is 5.91. The number of nitrogens with zero attached hydrogens (tertiary/aromatic N) is 9. The molecule has 1 aliphatic rings. The summed E-state index contributed by atoms with van der Waals surface area (Å²) in [6.07, 6.45) is 0. The number of benzene rings is 26. The summed E-state index contributed by atoms with van der Waals surface area (Å²) < 4.78 is 0. The maximum absolute atomic E-state index is 5.22. The topological polar surface area (TPSA) is 116 Å². The van der Waals surface area contributed by atoms with Gasteiger partial charge >= 0.3 is 0 Å². The van der Waals surface area contributed by atoms with Gasteiger partial charge in [-0.1, -0.05) is 469 Å². The predicted molar refractivity (Wildman–Crippen MR) is 614 cm³/mol. The second kappa shape index (κ2) is 35.1. The van der Waals surface area contributed by atoms with Crippen molar-refractivity contribution in [3.05, 3.63) is 503 Å². The molecule has 0 unspecified atom stereocenters. The van der Waals surface area contributed by atoms with Crippen LogP contribution in [0.25, 0.3) is 286 Å². The van der Waals surface area contributed by atoms with Crippen LogP contribution in [-0.4, -0.2) is 44.9 Å². The Balaban J connectivity index is 0.000000107. The molecule has 0 N–H and O–H groups in total. The molecule has 29 aromatic rings. The van der Waals surface area contributed by atoms with Crippen LogP contribution in [0.2, 0.25) is 0 Å². The highest BCUT2D eigenvalue weighted by Crippen LogP contribution is 2.51. The zero-order chi connectivity index (χ0) is 97.3. The van der Waals surface area contributed by atoms with Crippen LogP contribution in [0.5, 0.6) is 0 Å². The Labute approximate surface area is 846 Å². The molecule has 0 atom stereocenters. The van der Waals surface area contributed by atoms with E-state index >= 15 is 0 Å². The highest BCUT2D eigenvalue weighted by molar-refractivity contribution is 6.23. The van der Waals surface area contributed by atoms with Crippen molar-refractivity contribution in [2.24, 2.45) is 0 Å². The molecule has 684 valence electrons. The van der Waals surface area contributed by atoms with Gasteiger partial charge in [0.2, 0.25) is 0 Å². The Morgan fingerprint density at radius 3 is 0.578 bits per heavy atom. The third kappa shape index (κ3) is 15.1. The van der Waals surface area contributed by atoms with E-state index in [0.717, 1.165) is 55.6 Å². The van der Waals surface area contributed by atoms with Gasteiger partial charge in [-0.05, 0) is 231 Å². The smallest absolute Gasteiger partial charge is 0.164 e. The normalized spacial score (nSPS) is 12.2. The third-order valence-electron chi connectivity index (χ3n) is 30.1. The molecule has 1 aliphatic carbocycles. The first kappa shape index (κ1) is 85.6. The van der Waals surface area contributed by atoms with Crippen molar-refractivity contribution in [3.63, 3.8) is 0 Å². The molecule has 3 aromatic heterocycles. The standard InChI is InChI=1S/C51H31N3.C45H27N3.C42H29N3/c1-2-8-32(9-3-1)33-14-18-38(19-15-33)49-52-50(39-20-16-36-24-26-43-41-12-6-4-10-34(41)22-28-45(43)47(36)30-39)54-51(53-49)40-21-17-37-25-27-44-42-13-7-5-11-35(42)23-29-46(44)48(37)31-40;1-2-10-32(11-3-1)43-46-44(33-16-14-30-20-22-37-35-12-6-4-8-28(35)18-24-39(37)41(30)26-33)48-45(47-43)34-17-15-31-21-23-38-36-13-7-5-9-29(36)19-25-40(38)42(31)27-34;1-42(2)37-15-9-8-14-34(37)35-23-20-30(25-38(35)42)41-44-39(28-11-4-3-5-12-28)43-40(45-41)29-17-16-27-19-21-32-31-13-7-6-10-26(31)18-22-33(32)36(27)24-29/h1-31H;1-27H;3-25H,1-2H3. The first-order chi connectivity index (χ1) is 72.5. The molecule has 0 saturated heterocycles. The molecule has 0 spiro atoms. The Hall–Kier alpha value is -19.4. The average molecular weight is 1870 g/mol. The van der Waals surface area contributed by atoms with Crippen molar-refractivity contribution < 1.29 is 0 Å². The lowest BCUT2D eigenvalue weighted by Gasteiger charge is -2.21. The zero-order valence-electron chi connectivity index (χ0n) is 80.3. The zero-order valence-corrected chi connectivity index (χ0v) is 80.3. The third-order valence-corrected chi connectivity index (χ3v) is 30.1. The summed E-state index contributed by atoms with van der Waals surface area (Å²) in [6, 6.07) is 175. The molecule has 0 radical (unpaired) electrons. The van der Waals surface area contributed by atoms with Gasteiger partial charge in [0.1, 0.15) is 0 Å². The minimum Gasteiger partial charge on any atom is -0.208 e. The SMILES string of the molecule is CC1(C)c2ccccc2-c2ccc(-c3nc(-c4ccccc4)nc(-c4ccc5ccc6c7ccccc7ccc6c5c4)n3)cc21.c1ccc(-c2ccc(-c3nc(-c4ccc5ccc6c7ccccc7ccc6c5c4)nc(-c4ccc5ccc6c7ccccc7ccc6c5c4)n3)cc2)cc1.c1ccc(-c2nc(-c3ccc4ccc5c6ccccc6ccc5c4c3)nc(-c3ccc4ccc5c6ccccc6ccc5c4c3)n2)cc1. The molecular weight excluding hydrogens is 1780 g/mol. The Morgan fingerprint density at radius 2 is 0.293 bits per heavy atom. The van der Waals surface area contributed by atoms with Gasteiger partial charge < -0.3 is 0 Å². The monoisotopic (exact) mass is 1870 g/mol. The fourth-order valence-electron chi connectivity index (χ4n) is 22.5. The largest absolute Gasteiger partial charge is 0.208 e. The van der Waals surface area contributed by atoms with Crippen LogP contribution < -0.4 is 0 Å². The molecule has 30 rings (SSSR count). The number of hydrogen-bond donors (Lipinski definition) is 0. The summed E-state index contributed by atoms with van der Waals surface area (Å²) in [6.45, 7) is 4.61. The Morgan fingerprint density at radius 1 is 0.116 bits per heavy atom. The van der Waals surface area contributed by atoms with Gasteiger partial charge in [0, 0.05) is 55.5 Å². The van der Waals surface area contributed by atoms with Crippen LogP contribution >= 0.6 is 0 Å². The molecule has 0 fully saturated rings. The van der Waals surface area contributed by atoms with E-state index in [1.807, 2.05) is 42.5 Å². The molecule has 0 amide bonds. The van der Waals surface area contributed by atoms with Crippen LogP contribution in [-0.2, 0) is 5.41 Å². The number of hydrogen-bond acceptors (Lipinski definition) is 9. The van der Waals surface area contributed by atoms with E-state index in [4.69, 9.17) is 44.9 Å². The highest BCUT2D eigenvalue weighted by atomic mass is 15.1. The fourth-order valence-corrected chi connectivity index (χ4v) is 22.5. The van der Waals surface area contributed by atoms with Crippen molar-refractivity contribution in [2.45, 2.75) is 19.3 Å². The summed E-state index contributed by atoms with van der Waals surface area (Å²) in [7, 11) is 0. The summed E-state index contributed by atoms with van der Waals surface area (Å²) in [5, 5.41) is 36.7. The first-order valence-electron chi connectivity index (χ1n) is 50.1. The molecular formula is C138H87N9. The number of fused-ring (bicyclic) bond motifs is 28. The highest BCUT2D eigenvalue weighted by Gasteiger charge is 2.36. The minimum atomic E-state index is -0.108. The van der Waals surface area contributed by atoms with Crippen molar-refractivity contribution in [2.75, 3.05) is 0 Å². The molecule has 26 aromatic carbocycles. The quantitative estimate of drug-likeness (QED) is 0.123. The van der Waals surface area contributed by atoms with E-state index in [2.05, 4.69) is 463 Å². The predicted octanol–water partition coefficient (Wildman–Crippen LogP) is 35.9. The molecule has 0 bridgehead atoms. The second-order valence-corrected chi connectivity index (χ2v) is 38.9. The van der Waals surface area contributed by atoms with Crippen molar-refractivity contribution in [1.29, 1.82) is 0 Å². The lowest BCUT2D eigenvalue weighted by molar-refractivity contribution is 0.660. The van der Waals surface area contributed by atoms with E-state index in [1.54, 1.807) is 0 Å². The van der Waals surface area contributed by atoms with Crippen LogP contribution in [0, 0.1) is 0 Å². The number of rotatable bonds is 10. The van der Waals surface area contributed by atoms with Gasteiger partial charge in [0.15, 0.2) is 52.4 Å². The fraction of sp³-hybridized carbons (Fsp3) is 0.0217. The second-order valence-electron chi connectivity index (χ2n) is 38.9. The van der Waals surface area contributed by atoms with E-state index in [-0.39, 0.29) is 5.41 Å². The summed E-state index contributed by atoms with van der Waals surface area (Å²) in [4.78, 5) is 46.0. The lowest BCUT2D eigenvalue weighted by Crippen LogP contribution is -2.15. The molecule has 3 heterocycles.